The van der Waals surface area contributed by atoms with Gasteiger partial charge in [-0.15, -0.1) is 0 Å². The summed E-state index contributed by atoms with van der Waals surface area (Å²) in [5.74, 6) is 1.81. The predicted octanol–water partition coefficient (Wildman–Crippen LogP) is 8.40. The van der Waals surface area contributed by atoms with Crippen molar-refractivity contribution in [2.75, 3.05) is 0 Å². The molecule has 5 rings (SSSR count). The van der Waals surface area contributed by atoms with Gasteiger partial charge in [0.1, 0.15) is 0 Å². The van der Waals surface area contributed by atoms with Crippen LogP contribution in [-0.4, -0.2) is 19.9 Å². The molecule has 0 aliphatic rings. The van der Waals surface area contributed by atoms with E-state index in [-0.39, 0.29) is 10.8 Å². The molecule has 0 aliphatic heterocycles. The van der Waals surface area contributed by atoms with Crippen molar-refractivity contribution in [2.45, 2.75) is 52.4 Å². The minimum Gasteiger partial charge on any atom is -0.255 e. The lowest BCUT2D eigenvalue weighted by Gasteiger charge is -2.19. The highest BCUT2D eigenvalue weighted by molar-refractivity contribution is 5.68. The molecular formula is C35H33N5. The van der Waals surface area contributed by atoms with Crippen LogP contribution in [0.25, 0.3) is 45.4 Å². The Balaban J connectivity index is 1.57. The number of aromatic nitrogens is 4. The third-order valence-electron chi connectivity index (χ3n) is 6.99. The zero-order valence-electron chi connectivity index (χ0n) is 23.9. The number of hydrogen-bond donors (Lipinski definition) is 0. The molecule has 0 aliphatic carbocycles. The first kappa shape index (κ1) is 26.9. The molecule has 0 saturated heterocycles. The van der Waals surface area contributed by atoms with Gasteiger partial charge in [-0.3, -0.25) is 4.98 Å². The summed E-state index contributed by atoms with van der Waals surface area (Å²) in [6.45, 7) is 13.2. The van der Waals surface area contributed by atoms with Crippen molar-refractivity contribution in [3.8, 4) is 51.5 Å². The van der Waals surface area contributed by atoms with Gasteiger partial charge in [-0.25, -0.2) is 15.0 Å². The van der Waals surface area contributed by atoms with E-state index >= 15 is 0 Å². The van der Waals surface area contributed by atoms with Gasteiger partial charge in [-0.1, -0.05) is 102 Å². The lowest BCUT2D eigenvalue weighted by Crippen LogP contribution is -2.10. The van der Waals surface area contributed by atoms with E-state index in [2.05, 4.69) is 101 Å². The first-order valence-electron chi connectivity index (χ1n) is 13.5. The largest absolute Gasteiger partial charge is 0.255 e. The lowest BCUT2D eigenvalue weighted by molar-refractivity contribution is 0.590. The van der Waals surface area contributed by atoms with Crippen LogP contribution in [0.5, 0.6) is 0 Å². The molecular weight excluding hydrogens is 490 g/mol. The average molecular weight is 524 g/mol. The smallest absolute Gasteiger partial charge is 0.165 e. The third-order valence-corrected chi connectivity index (χ3v) is 6.99. The van der Waals surface area contributed by atoms with Gasteiger partial charge in [0, 0.05) is 28.5 Å². The molecule has 0 spiro atoms. The molecule has 5 nitrogen and oxygen atoms in total. The highest BCUT2D eigenvalue weighted by atomic mass is 15.0. The van der Waals surface area contributed by atoms with Crippen molar-refractivity contribution in [3.05, 3.63) is 108 Å². The standard InChI is InChI=1S/C35H33N5/c1-34(2,3)28-16-11-25(12-17-28)31-38-32(26-13-18-29(19-14-26)35(4,5)6)40-33(39-31)27-15-20-30(37-22-27)24-9-7-23(21-36)8-10-24/h7-20,22H,1-6H3. The summed E-state index contributed by atoms with van der Waals surface area (Å²) in [5, 5.41) is 9.08. The molecule has 0 atom stereocenters. The molecule has 5 heteroatoms. The summed E-state index contributed by atoms with van der Waals surface area (Å²) in [6, 6.07) is 30.4. The highest BCUT2D eigenvalue weighted by Crippen LogP contribution is 2.30. The van der Waals surface area contributed by atoms with Crippen LogP contribution in [0.3, 0.4) is 0 Å². The Kier molecular flexibility index (Phi) is 7.04. The van der Waals surface area contributed by atoms with Crippen LogP contribution in [0.15, 0.2) is 91.1 Å². The van der Waals surface area contributed by atoms with Gasteiger partial charge < -0.3 is 0 Å². The molecule has 2 heterocycles. The topological polar surface area (TPSA) is 75.3 Å². The molecule has 2 aromatic heterocycles. The van der Waals surface area contributed by atoms with Crippen LogP contribution >= 0.6 is 0 Å². The van der Waals surface area contributed by atoms with Crippen LogP contribution in [0.1, 0.15) is 58.2 Å². The van der Waals surface area contributed by atoms with E-state index in [1.54, 1.807) is 18.3 Å². The second kappa shape index (κ2) is 10.5. The Bertz CT molecular complexity index is 1590. The molecule has 5 aromatic rings. The normalized spacial score (nSPS) is 11.7. The Morgan fingerprint density at radius 1 is 0.500 bits per heavy atom. The molecule has 0 unspecified atom stereocenters. The molecule has 0 N–H and O–H groups in total. The maximum Gasteiger partial charge on any atom is 0.165 e. The van der Waals surface area contributed by atoms with Gasteiger partial charge in [-0.2, -0.15) is 5.26 Å². The third kappa shape index (κ3) is 5.82. The zero-order chi connectivity index (χ0) is 28.5. The van der Waals surface area contributed by atoms with Crippen LogP contribution < -0.4 is 0 Å². The summed E-state index contributed by atoms with van der Waals surface area (Å²) < 4.78 is 0. The van der Waals surface area contributed by atoms with Gasteiger partial charge in [0.05, 0.1) is 17.3 Å². The van der Waals surface area contributed by atoms with Crippen molar-refractivity contribution >= 4 is 0 Å². The SMILES string of the molecule is CC(C)(C)c1ccc(-c2nc(-c3ccc(C(C)(C)C)cc3)nc(-c3ccc(-c4ccc(C#N)cc4)nc3)n2)cc1. The highest BCUT2D eigenvalue weighted by Gasteiger charge is 2.17. The average Bonchev–Trinajstić information content (AvgIpc) is 2.96. The van der Waals surface area contributed by atoms with Crippen LogP contribution in [0.4, 0.5) is 0 Å². The predicted molar refractivity (Wildman–Crippen MR) is 161 cm³/mol. The quantitative estimate of drug-likeness (QED) is 0.236. The van der Waals surface area contributed by atoms with Gasteiger partial charge >= 0.3 is 0 Å². The first-order chi connectivity index (χ1) is 19.0. The second-order valence-electron chi connectivity index (χ2n) is 12.1. The van der Waals surface area contributed by atoms with E-state index in [9.17, 15) is 0 Å². The fourth-order valence-corrected chi connectivity index (χ4v) is 4.41. The minimum atomic E-state index is 0.0606. The molecule has 0 radical (unpaired) electrons. The number of nitriles is 1. The number of rotatable bonds is 4. The first-order valence-corrected chi connectivity index (χ1v) is 13.5. The Morgan fingerprint density at radius 3 is 1.27 bits per heavy atom. The molecule has 0 saturated carbocycles. The Labute approximate surface area is 236 Å². The van der Waals surface area contributed by atoms with Crippen molar-refractivity contribution in [1.29, 1.82) is 5.26 Å². The van der Waals surface area contributed by atoms with Crippen LogP contribution in [0.2, 0.25) is 0 Å². The lowest BCUT2D eigenvalue weighted by atomic mass is 9.86. The Hall–Kier alpha value is -4.69. The van der Waals surface area contributed by atoms with E-state index in [4.69, 9.17) is 20.2 Å². The molecule has 40 heavy (non-hydrogen) atoms. The molecule has 0 amide bonds. The number of benzene rings is 3. The minimum absolute atomic E-state index is 0.0606. The van der Waals surface area contributed by atoms with E-state index < -0.39 is 0 Å². The van der Waals surface area contributed by atoms with E-state index in [1.807, 2.05) is 24.3 Å². The van der Waals surface area contributed by atoms with Crippen molar-refractivity contribution < 1.29 is 0 Å². The summed E-state index contributed by atoms with van der Waals surface area (Å²) >= 11 is 0. The number of hydrogen-bond acceptors (Lipinski definition) is 5. The summed E-state index contributed by atoms with van der Waals surface area (Å²) in [6.07, 6.45) is 1.79. The van der Waals surface area contributed by atoms with Crippen molar-refractivity contribution in [1.82, 2.24) is 19.9 Å². The fraction of sp³-hybridized carbons (Fsp3) is 0.229. The number of pyridine rings is 1. The zero-order valence-corrected chi connectivity index (χ0v) is 23.9. The van der Waals surface area contributed by atoms with E-state index in [0.29, 0.717) is 23.0 Å². The molecule has 198 valence electrons. The fourth-order valence-electron chi connectivity index (χ4n) is 4.41. The van der Waals surface area contributed by atoms with Gasteiger partial charge in [-0.05, 0) is 46.2 Å². The molecule has 3 aromatic carbocycles. The second-order valence-corrected chi connectivity index (χ2v) is 12.1. The monoisotopic (exact) mass is 523 g/mol. The van der Waals surface area contributed by atoms with E-state index in [0.717, 1.165) is 27.9 Å². The number of nitrogens with zero attached hydrogens (tertiary/aromatic N) is 5. The van der Waals surface area contributed by atoms with Crippen LogP contribution in [-0.2, 0) is 10.8 Å². The van der Waals surface area contributed by atoms with Gasteiger partial charge in [0.15, 0.2) is 17.5 Å². The summed E-state index contributed by atoms with van der Waals surface area (Å²) in [7, 11) is 0. The molecule has 0 bridgehead atoms. The van der Waals surface area contributed by atoms with Crippen molar-refractivity contribution in [3.63, 3.8) is 0 Å². The maximum absolute atomic E-state index is 9.08. The van der Waals surface area contributed by atoms with Gasteiger partial charge in [0.25, 0.3) is 0 Å². The summed E-state index contributed by atoms with van der Waals surface area (Å²) in [5.41, 5.74) is 7.70. The Morgan fingerprint density at radius 2 is 0.900 bits per heavy atom. The van der Waals surface area contributed by atoms with Crippen LogP contribution in [0, 0.1) is 11.3 Å². The van der Waals surface area contributed by atoms with Gasteiger partial charge in [0.2, 0.25) is 0 Å². The summed E-state index contributed by atoms with van der Waals surface area (Å²) in [4.78, 5) is 19.3. The molecule has 0 fully saturated rings. The van der Waals surface area contributed by atoms with Crippen molar-refractivity contribution in [2.24, 2.45) is 0 Å². The maximum atomic E-state index is 9.08. The van der Waals surface area contributed by atoms with E-state index in [1.165, 1.54) is 11.1 Å².